The summed E-state index contributed by atoms with van der Waals surface area (Å²) in [7, 11) is 0. The number of carbonyl (C=O) groups is 1. The van der Waals surface area contributed by atoms with Crippen molar-refractivity contribution in [3.8, 4) is 0 Å². The standard InChI is InChI=1S/C16H30N2O.ClH/c1-2-4-12-7-9-15(10-8-12)18-16(19)13-5-3-6-14(17)11-13;/h12-15H,2-11,17H2,1H3,(H,18,19);1H. The molecule has 3 N–H and O–H groups in total. The van der Waals surface area contributed by atoms with Gasteiger partial charge in [-0.1, -0.05) is 26.2 Å². The van der Waals surface area contributed by atoms with Gasteiger partial charge in [-0.3, -0.25) is 4.79 Å². The average Bonchev–Trinajstić information content (AvgIpc) is 2.41. The third-order valence-corrected chi connectivity index (χ3v) is 4.98. The third kappa shape index (κ3) is 5.25. The first-order valence-corrected chi connectivity index (χ1v) is 8.25. The molecule has 2 aliphatic carbocycles. The summed E-state index contributed by atoms with van der Waals surface area (Å²) in [5.74, 6) is 1.35. The maximum absolute atomic E-state index is 12.3. The van der Waals surface area contributed by atoms with Gasteiger partial charge in [-0.05, 0) is 50.9 Å². The zero-order chi connectivity index (χ0) is 13.7. The fourth-order valence-electron chi connectivity index (χ4n) is 3.79. The summed E-state index contributed by atoms with van der Waals surface area (Å²) >= 11 is 0. The van der Waals surface area contributed by atoms with Gasteiger partial charge in [0.15, 0.2) is 0 Å². The molecule has 1 amide bonds. The Morgan fingerprint density at radius 3 is 2.45 bits per heavy atom. The van der Waals surface area contributed by atoms with E-state index in [4.69, 9.17) is 5.73 Å². The molecule has 4 heteroatoms. The van der Waals surface area contributed by atoms with Crippen molar-refractivity contribution in [1.82, 2.24) is 5.32 Å². The minimum atomic E-state index is 0. The third-order valence-electron chi connectivity index (χ3n) is 4.98. The maximum atomic E-state index is 12.3. The van der Waals surface area contributed by atoms with Gasteiger partial charge >= 0.3 is 0 Å². The number of hydrogen-bond acceptors (Lipinski definition) is 2. The SMILES string of the molecule is CCCC1CCC(NC(=O)C2CCCC(N)C2)CC1.Cl. The van der Waals surface area contributed by atoms with Gasteiger partial charge < -0.3 is 11.1 Å². The van der Waals surface area contributed by atoms with Crippen LogP contribution in [0, 0.1) is 11.8 Å². The molecule has 118 valence electrons. The maximum Gasteiger partial charge on any atom is 0.223 e. The molecule has 0 saturated heterocycles. The molecular weight excluding hydrogens is 272 g/mol. The zero-order valence-electron chi connectivity index (χ0n) is 12.8. The van der Waals surface area contributed by atoms with Crippen molar-refractivity contribution in [3.63, 3.8) is 0 Å². The van der Waals surface area contributed by atoms with Crippen molar-refractivity contribution in [1.29, 1.82) is 0 Å². The highest BCUT2D eigenvalue weighted by Gasteiger charge is 2.28. The molecule has 0 aromatic heterocycles. The Labute approximate surface area is 129 Å². The van der Waals surface area contributed by atoms with Gasteiger partial charge in [-0.25, -0.2) is 0 Å². The molecular formula is C16H31ClN2O. The van der Waals surface area contributed by atoms with Crippen molar-refractivity contribution in [2.24, 2.45) is 17.6 Å². The first kappa shape index (κ1) is 17.8. The molecule has 2 rings (SSSR count). The second-order valence-electron chi connectivity index (χ2n) is 6.64. The van der Waals surface area contributed by atoms with E-state index in [9.17, 15) is 4.79 Å². The summed E-state index contributed by atoms with van der Waals surface area (Å²) in [5.41, 5.74) is 5.97. The Kier molecular flexibility index (Phi) is 7.90. The van der Waals surface area contributed by atoms with E-state index in [1.165, 1.54) is 38.5 Å². The predicted molar refractivity (Wildman–Crippen MR) is 86.0 cm³/mol. The van der Waals surface area contributed by atoms with Crippen molar-refractivity contribution >= 4 is 18.3 Å². The molecule has 2 atom stereocenters. The Morgan fingerprint density at radius 2 is 1.85 bits per heavy atom. The van der Waals surface area contributed by atoms with E-state index in [-0.39, 0.29) is 30.3 Å². The van der Waals surface area contributed by atoms with E-state index in [0.29, 0.717) is 6.04 Å². The number of carbonyl (C=O) groups excluding carboxylic acids is 1. The van der Waals surface area contributed by atoms with Gasteiger partial charge in [0, 0.05) is 18.0 Å². The van der Waals surface area contributed by atoms with Crippen LogP contribution in [-0.4, -0.2) is 18.0 Å². The van der Waals surface area contributed by atoms with E-state index in [1.54, 1.807) is 0 Å². The number of amides is 1. The first-order chi connectivity index (χ1) is 9.19. The molecule has 2 aliphatic rings. The molecule has 3 nitrogen and oxygen atoms in total. The average molecular weight is 303 g/mol. The molecule has 0 aliphatic heterocycles. The lowest BCUT2D eigenvalue weighted by Gasteiger charge is -2.31. The van der Waals surface area contributed by atoms with E-state index in [2.05, 4.69) is 12.2 Å². The van der Waals surface area contributed by atoms with Crippen LogP contribution in [0.4, 0.5) is 0 Å². The van der Waals surface area contributed by atoms with Gasteiger partial charge in [0.1, 0.15) is 0 Å². The number of hydrogen-bond donors (Lipinski definition) is 2. The van der Waals surface area contributed by atoms with E-state index in [0.717, 1.165) is 31.6 Å². The van der Waals surface area contributed by atoms with Crippen molar-refractivity contribution in [2.75, 3.05) is 0 Å². The largest absolute Gasteiger partial charge is 0.353 e. The highest BCUT2D eigenvalue weighted by molar-refractivity contribution is 5.85. The van der Waals surface area contributed by atoms with Gasteiger partial charge in [0.2, 0.25) is 5.91 Å². The van der Waals surface area contributed by atoms with Gasteiger partial charge in [-0.2, -0.15) is 0 Å². The zero-order valence-corrected chi connectivity index (χ0v) is 13.6. The molecule has 0 radical (unpaired) electrons. The van der Waals surface area contributed by atoms with Crippen molar-refractivity contribution < 1.29 is 4.79 Å². The monoisotopic (exact) mass is 302 g/mol. The van der Waals surface area contributed by atoms with Crippen LogP contribution in [0.1, 0.15) is 71.1 Å². The van der Waals surface area contributed by atoms with Crippen molar-refractivity contribution in [2.45, 2.75) is 83.2 Å². The summed E-state index contributed by atoms with van der Waals surface area (Å²) in [4.78, 5) is 12.3. The molecule has 0 heterocycles. The predicted octanol–water partition coefficient (Wildman–Crippen LogP) is 3.40. The number of halogens is 1. The fourth-order valence-corrected chi connectivity index (χ4v) is 3.79. The van der Waals surface area contributed by atoms with Gasteiger partial charge in [0.25, 0.3) is 0 Å². The number of rotatable bonds is 4. The first-order valence-electron chi connectivity index (χ1n) is 8.25. The minimum Gasteiger partial charge on any atom is -0.353 e. The highest BCUT2D eigenvalue weighted by atomic mass is 35.5. The summed E-state index contributed by atoms with van der Waals surface area (Å²) < 4.78 is 0. The van der Waals surface area contributed by atoms with Crippen LogP contribution in [0.5, 0.6) is 0 Å². The molecule has 2 fully saturated rings. The van der Waals surface area contributed by atoms with Crippen LogP contribution >= 0.6 is 12.4 Å². The molecule has 0 aromatic rings. The van der Waals surface area contributed by atoms with E-state index in [1.807, 2.05) is 0 Å². The van der Waals surface area contributed by atoms with Crippen LogP contribution in [-0.2, 0) is 4.79 Å². The number of nitrogens with two attached hydrogens (primary N) is 1. The Morgan fingerprint density at radius 1 is 1.15 bits per heavy atom. The molecule has 0 spiro atoms. The summed E-state index contributed by atoms with van der Waals surface area (Å²) in [6.45, 7) is 2.26. The van der Waals surface area contributed by atoms with Crippen LogP contribution < -0.4 is 11.1 Å². The normalized spacial score (nSPS) is 34.1. The number of nitrogens with one attached hydrogen (secondary N) is 1. The lowest BCUT2D eigenvalue weighted by molar-refractivity contribution is -0.127. The lowest BCUT2D eigenvalue weighted by Crippen LogP contribution is -2.43. The Bertz CT molecular complexity index is 290. The van der Waals surface area contributed by atoms with Gasteiger partial charge in [-0.15, -0.1) is 12.4 Å². The summed E-state index contributed by atoms with van der Waals surface area (Å²) in [6, 6.07) is 0.670. The highest BCUT2D eigenvalue weighted by Crippen LogP contribution is 2.29. The summed E-state index contributed by atoms with van der Waals surface area (Å²) in [6.07, 6.45) is 11.7. The molecule has 2 saturated carbocycles. The van der Waals surface area contributed by atoms with E-state index < -0.39 is 0 Å². The van der Waals surface area contributed by atoms with Crippen LogP contribution in [0.3, 0.4) is 0 Å². The fraction of sp³-hybridized carbons (Fsp3) is 0.938. The minimum absolute atomic E-state index is 0. The van der Waals surface area contributed by atoms with Crippen LogP contribution in [0.2, 0.25) is 0 Å². The molecule has 2 unspecified atom stereocenters. The quantitative estimate of drug-likeness (QED) is 0.836. The Balaban J connectivity index is 0.00000200. The topological polar surface area (TPSA) is 55.1 Å². The molecule has 0 bridgehead atoms. The Hall–Kier alpha value is -0.280. The van der Waals surface area contributed by atoms with Gasteiger partial charge in [0.05, 0.1) is 0 Å². The second-order valence-corrected chi connectivity index (χ2v) is 6.64. The van der Waals surface area contributed by atoms with Crippen LogP contribution in [0.15, 0.2) is 0 Å². The smallest absolute Gasteiger partial charge is 0.223 e. The lowest BCUT2D eigenvalue weighted by atomic mass is 9.82. The molecule has 20 heavy (non-hydrogen) atoms. The summed E-state index contributed by atoms with van der Waals surface area (Å²) in [5, 5.41) is 3.28. The van der Waals surface area contributed by atoms with Crippen LogP contribution in [0.25, 0.3) is 0 Å². The second kappa shape index (κ2) is 8.89. The van der Waals surface area contributed by atoms with Crippen molar-refractivity contribution in [3.05, 3.63) is 0 Å². The van der Waals surface area contributed by atoms with E-state index >= 15 is 0 Å². The molecule has 0 aromatic carbocycles.